The zero-order chi connectivity index (χ0) is 20.6. The number of nitrogens with zero attached hydrogens (tertiary/aromatic N) is 2. The number of anilines is 1. The highest BCUT2D eigenvalue weighted by Crippen LogP contribution is 2.15. The van der Waals surface area contributed by atoms with Crippen LogP contribution in [-0.2, 0) is 13.2 Å². The van der Waals surface area contributed by atoms with Gasteiger partial charge in [0.1, 0.15) is 6.61 Å². The number of rotatable bonds is 7. The van der Waals surface area contributed by atoms with Gasteiger partial charge in [0.2, 0.25) is 5.88 Å². The highest BCUT2D eigenvalue weighted by Gasteiger charge is 2.23. The second-order valence-electron chi connectivity index (χ2n) is 7.46. The van der Waals surface area contributed by atoms with E-state index in [1.807, 2.05) is 36.4 Å². The quantitative estimate of drug-likeness (QED) is 0.626. The average Bonchev–Trinajstić information content (AvgIpc) is 3.21. The Hall–Kier alpha value is -3.38. The van der Waals surface area contributed by atoms with Crippen molar-refractivity contribution < 1.29 is 9.53 Å². The first-order valence-electron chi connectivity index (χ1n) is 10.2. The van der Waals surface area contributed by atoms with Crippen molar-refractivity contribution in [3.8, 4) is 5.88 Å². The van der Waals surface area contributed by atoms with Gasteiger partial charge in [0.15, 0.2) is 0 Å². The molecule has 4 rings (SSSR count). The number of ether oxygens (including phenoxy) is 1. The molecule has 1 aliphatic rings. The molecule has 0 saturated carbocycles. The Morgan fingerprint density at radius 3 is 2.43 bits per heavy atom. The van der Waals surface area contributed by atoms with Gasteiger partial charge in [-0.3, -0.25) is 4.90 Å². The van der Waals surface area contributed by atoms with Crippen LogP contribution in [0.4, 0.5) is 10.5 Å². The van der Waals surface area contributed by atoms with Gasteiger partial charge in [0.05, 0.1) is 11.9 Å². The van der Waals surface area contributed by atoms with Crippen LogP contribution in [0.5, 0.6) is 5.88 Å². The third kappa shape index (κ3) is 5.81. The van der Waals surface area contributed by atoms with Crippen LogP contribution in [0.15, 0.2) is 79.0 Å². The van der Waals surface area contributed by atoms with Gasteiger partial charge >= 0.3 is 6.03 Å². The van der Waals surface area contributed by atoms with E-state index in [9.17, 15) is 4.79 Å². The number of carbonyl (C=O) groups is 1. The fourth-order valence-electron chi connectivity index (χ4n) is 3.56. The van der Waals surface area contributed by atoms with Gasteiger partial charge in [0.25, 0.3) is 0 Å². The van der Waals surface area contributed by atoms with Crippen molar-refractivity contribution >= 4 is 11.7 Å². The minimum Gasteiger partial charge on any atom is -0.473 e. The summed E-state index contributed by atoms with van der Waals surface area (Å²) in [5.41, 5.74) is 3.01. The Labute approximate surface area is 176 Å². The molecule has 1 fully saturated rings. The lowest BCUT2D eigenvalue weighted by molar-refractivity contribution is 0.247. The molecule has 6 nitrogen and oxygen atoms in total. The van der Waals surface area contributed by atoms with Gasteiger partial charge < -0.3 is 15.4 Å². The standard InChI is InChI=1S/C24H26N4O2/c29-24(27-22-13-14-28(17-22)16-19-7-3-1-4-8-19)26-21-11-12-23(25-15-21)30-18-20-9-5-2-6-10-20/h1-12,15,22H,13-14,16-18H2,(H2,26,27,29). The number of aromatic nitrogens is 1. The molecule has 2 aromatic carbocycles. The number of amides is 2. The van der Waals surface area contributed by atoms with E-state index < -0.39 is 0 Å². The summed E-state index contributed by atoms with van der Waals surface area (Å²) < 4.78 is 5.68. The summed E-state index contributed by atoms with van der Waals surface area (Å²) in [5, 5.41) is 5.90. The zero-order valence-electron chi connectivity index (χ0n) is 16.8. The van der Waals surface area contributed by atoms with Crippen molar-refractivity contribution in [2.24, 2.45) is 0 Å². The van der Waals surface area contributed by atoms with Crippen molar-refractivity contribution in [3.05, 3.63) is 90.1 Å². The van der Waals surface area contributed by atoms with E-state index in [0.717, 1.165) is 31.6 Å². The zero-order valence-corrected chi connectivity index (χ0v) is 16.8. The molecular weight excluding hydrogens is 376 g/mol. The van der Waals surface area contributed by atoms with Gasteiger partial charge in [-0.15, -0.1) is 0 Å². The van der Waals surface area contributed by atoms with Crippen molar-refractivity contribution in [2.45, 2.75) is 25.6 Å². The summed E-state index contributed by atoms with van der Waals surface area (Å²) in [6, 6.07) is 23.8. The smallest absolute Gasteiger partial charge is 0.319 e. The predicted octanol–water partition coefficient (Wildman–Crippen LogP) is 4.06. The molecule has 1 saturated heterocycles. The van der Waals surface area contributed by atoms with Gasteiger partial charge in [-0.25, -0.2) is 9.78 Å². The normalized spacial score (nSPS) is 16.2. The van der Waals surface area contributed by atoms with Crippen LogP contribution in [0, 0.1) is 0 Å². The lowest BCUT2D eigenvalue weighted by Crippen LogP contribution is -2.39. The number of nitrogens with one attached hydrogen (secondary N) is 2. The molecular formula is C24H26N4O2. The first kappa shape index (κ1) is 19.9. The molecule has 3 aromatic rings. The Balaban J connectivity index is 1.20. The second-order valence-corrected chi connectivity index (χ2v) is 7.46. The Morgan fingerprint density at radius 2 is 1.73 bits per heavy atom. The SMILES string of the molecule is O=C(Nc1ccc(OCc2ccccc2)nc1)NC1CCN(Cc2ccccc2)C1. The van der Waals surface area contributed by atoms with Crippen molar-refractivity contribution in [2.75, 3.05) is 18.4 Å². The molecule has 1 aliphatic heterocycles. The van der Waals surface area contributed by atoms with Crippen LogP contribution < -0.4 is 15.4 Å². The molecule has 6 heteroatoms. The van der Waals surface area contributed by atoms with Gasteiger partial charge in [0, 0.05) is 31.7 Å². The third-order valence-corrected chi connectivity index (χ3v) is 5.08. The molecule has 1 unspecified atom stereocenters. The average molecular weight is 402 g/mol. The number of urea groups is 1. The molecule has 2 amide bonds. The van der Waals surface area contributed by atoms with E-state index in [-0.39, 0.29) is 12.1 Å². The molecule has 0 spiro atoms. The molecule has 2 N–H and O–H groups in total. The van der Waals surface area contributed by atoms with Crippen LogP contribution >= 0.6 is 0 Å². The monoisotopic (exact) mass is 402 g/mol. The van der Waals surface area contributed by atoms with Crippen LogP contribution in [0.3, 0.4) is 0 Å². The van der Waals surface area contributed by atoms with Gasteiger partial charge in [-0.1, -0.05) is 60.7 Å². The highest BCUT2D eigenvalue weighted by molar-refractivity contribution is 5.89. The number of benzene rings is 2. The van der Waals surface area contributed by atoms with Crippen LogP contribution in [-0.4, -0.2) is 35.0 Å². The van der Waals surface area contributed by atoms with Crippen LogP contribution in [0.25, 0.3) is 0 Å². The van der Waals surface area contributed by atoms with Crippen molar-refractivity contribution in [1.82, 2.24) is 15.2 Å². The van der Waals surface area contributed by atoms with E-state index in [4.69, 9.17) is 4.74 Å². The van der Waals surface area contributed by atoms with Crippen molar-refractivity contribution in [1.29, 1.82) is 0 Å². The second kappa shape index (κ2) is 9.89. The molecule has 0 bridgehead atoms. The molecule has 0 radical (unpaired) electrons. The topological polar surface area (TPSA) is 66.5 Å². The maximum Gasteiger partial charge on any atom is 0.319 e. The molecule has 1 aromatic heterocycles. The van der Waals surface area contributed by atoms with E-state index in [0.29, 0.717) is 18.2 Å². The Bertz CT molecular complexity index is 932. The molecule has 1 atom stereocenters. The Morgan fingerprint density at radius 1 is 1.00 bits per heavy atom. The van der Waals surface area contributed by atoms with E-state index in [1.165, 1.54) is 5.56 Å². The number of hydrogen-bond acceptors (Lipinski definition) is 4. The summed E-state index contributed by atoms with van der Waals surface area (Å²) in [6.45, 7) is 3.21. The lowest BCUT2D eigenvalue weighted by atomic mass is 10.2. The summed E-state index contributed by atoms with van der Waals surface area (Å²) in [7, 11) is 0. The number of pyridine rings is 1. The first-order valence-corrected chi connectivity index (χ1v) is 10.2. The molecule has 30 heavy (non-hydrogen) atoms. The van der Waals surface area contributed by atoms with E-state index in [2.05, 4.69) is 44.8 Å². The minimum atomic E-state index is -0.207. The Kier molecular flexibility index (Phi) is 6.57. The lowest BCUT2D eigenvalue weighted by Gasteiger charge is -2.17. The summed E-state index contributed by atoms with van der Waals surface area (Å²) in [5.74, 6) is 0.525. The maximum atomic E-state index is 12.3. The predicted molar refractivity (Wildman–Crippen MR) is 117 cm³/mol. The molecule has 154 valence electrons. The maximum absolute atomic E-state index is 12.3. The number of hydrogen-bond donors (Lipinski definition) is 2. The number of carbonyl (C=O) groups excluding carboxylic acids is 1. The fraction of sp³-hybridized carbons (Fsp3) is 0.250. The molecule has 0 aliphatic carbocycles. The van der Waals surface area contributed by atoms with Gasteiger partial charge in [-0.05, 0) is 23.6 Å². The summed E-state index contributed by atoms with van der Waals surface area (Å²) >= 11 is 0. The van der Waals surface area contributed by atoms with Gasteiger partial charge in [-0.2, -0.15) is 0 Å². The first-order chi connectivity index (χ1) is 14.7. The van der Waals surface area contributed by atoms with E-state index in [1.54, 1.807) is 18.3 Å². The highest BCUT2D eigenvalue weighted by atomic mass is 16.5. The third-order valence-electron chi connectivity index (χ3n) is 5.08. The fourth-order valence-corrected chi connectivity index (χ4v) is 3.56. The van der Waals surface area contributed by atoms with Crippen molar-refractivity contribution in [3.63, 3.8) is 0 Å². The molecule has 2 heterocycles. The minimum absolute atomic E-state index is 0.148. The van der Waals surface area contributed by atoms with Crippen LogP contribution in [0.2, 0.25) is 0 Å². The largest absolute Gasteiger partial charge is 0.473 e. The van der Waals surface area contributed by atoms with Crippen LogP contribution in [0.1, 0.15) is 17.5 Å². The van der Waals surface area contributed by atoms with E-state index >= 15 is 0 Å². The summed E-state index contributed by atoms with van der Waals surface area (Å²) in [4.78, 5) is 19.0. The summed E-state index contributed by atoms with van der Waals surface area (Å²) in [6.07, 6.45) is 2.56. The number of likely N-dealkylation sites (tertiary alicyclic amines) is 1.